The third-order valence-corrected chi connectivity index (χ3v) is 2.71. The Bertz CT molecular complexity index is 593. The molecule has 1 heterocycles. The third kappa shape index (κ3) is 3.70. The molecule has 1 aromatic carbocycles. The fraction of sp³-hybridized carbons (Fsp3) is 0.231. The van der Waals surface area contributed by atoms with Crippen molar-refractivity contribution in [2.75, 3.05) is 0 Å². The molecule has 0 saturated carbocycles. The van der Waals surface area contributed by atoms with Crippen LogP contribution in [-0.4, -0.2) is 9.97 Å². The molecule has 0 fully saturated rings. The van der Waals surface area contributed by atoms with Crippen LogP contribution in [0.2, 0.25) is 0 Å². The summed E-state index contributed by atoms with van der Waals surface area (Å²) in [5, 5.41) is 0. The Morgan fingerprint density at radius 1 is 1.21 bits per heavy atom. The van der Waals surface area contributed by atoms with E-state index in [2.05, 4.69) is 25.9 Å². The first-order valence-electron chi connectivity index (χ1n) is 5.75. The van der Waals surface area contributed by atoms with Crippen LogP contribution in [0.25, 0.3) is 0 Å². The molecule has 2 aromatic rings. The summed E-state index contributed by atoms with van der Waals surface area (Å²) in [5.41, 5.74) is 0. The number of aromatic nitrogens is 2. The molecule has 6 heteroatoms. The van der Waals surface area contributed by atoms with Gasteiger partial charge in [0.25, 0.3) is 0 Å². The van der Waals surface area contributed by atoms with E-state index < -0.39 is 11.6 Å². The molecule has 19 heavy (non-hydrogen) atoms. The molecule has 0 saturated heterocycles. The van der Waals surface area contributed by atoms with Crippen molar-refractivity contribution in [3.8, 4) is 11.6 Å². The maximum Gasteiger partial charge on any atom is 0.223 e. The Balaban J connectivity index is 2.29. The van der Waals surface area contributed by atoms with Gasteiger partial charge in [-0.2, -0.15) is 4.98 Å². The normalized spacial score (nSPS) is 10.5. The Labute approximate surface area is 117 Å². The zero-order chi connectivity index (χ0) is 13.8. The number of hydrogen-bond acceptors (Lipinski definition) is 3. The highest BCUT2D eigenvalue weighted by Crippen LogP contribution is 2.25. The van der Waals surface area contributed by atoms with Gasteiger partial charge in [-0.15, -0.1) is 0 Å². The van der Waals surface area contributed by atoms with Crippen LogP contribution in [0.15, 0.2) is 28.9 Å². The summed E-state index contributed by atoms with van der Waals surface area (Å²) in [7, 11) is 0. The standard InChI is InChI=1S/C13H11BrF2N2O/c1-2-3-12-17-11(14)7-13(18-12)19-10-6-8(15)4-5-9(10)16/h4-7H,2-3H2,1H3. The van der Waals surface area contributed by atoms with Crippen LogP contribution in [0.1, 0.15) is 19.2 Å². The number of nitrogens with zero attached hydrogens (tertiary/aromatic N) is 2. The summed E-state index contributed by atoms with van der Waals surface area (Å²) in [4.78, 5) is 8.30. The first-order valence-corrected chi connectivity index (χ1v) is 6.54. The Morgan fingerprint density at radius 3 is 2.74 bits per heavy atom. The summed E-state index contributed by atoms with van der Waals surface area (Å²) in [5.74, 6) is -0.655. The van der Waals surface area contributed by atoms with Gasteiger partial charge in [-0.05, 0) is 34.5 Å². The first-order chi connectivity index (χ1) is 9.08. The first kappa shape index (κ1) is 13.9. The van der Waals surface area contributed by atoms with E-state index in [1.54, 1.807) is 0 Å². The Hall–Kier alpha value is -1.56. The van der Waals surface area contributed by atoms with Gasteiger partial charge >= 0.3 is 0 Å². The monoisotopic (exact) mass is 328 g/mol. The number of halogens is 3. The molecule has 100 valence electrons. The van der Waals surface area contributed by atoms with E-state index in [0.717, 1.165) is 24.6 Å². The zero-order valence-corrected chi connectivity index (χ0v) is 11.7. The van der Waals surface area contributed by atoms with Crippen LogP contribution >= 0.6 is 15.9 Å². The highest BCUT2D eigenvalue weighted by molar-refractivity contribution is 9.10. The molecule has 0 spiro atoms. The predicted octanol–water partition coefficient (Wildman–Crippen LogP) is 4.26. The minimum atomic E-state index is -0.645. The lowest BCUT2D eigenvalue weighted by molar-refractivity contribution is 0.419. The van der Waals surface area contributed by atoms with Gasteiger partial charge in [0.05, 0.1) is 0 Å². The fourth-order valence-electron chi connectivity index (χ4n) is 1.50. The zero-order valence-electron chi connectivity index (χ0n) is 10.2. The van der Waals surface area contributed by atoms with Crippen molar-refractivity contribution in [1.82, 2.24) is 9.97 Å². The number of aryl methyl sites for hydroxylation is 1. The number of benzene rings is 1. The highest BCUT2D eigenvalue weighted by atomic mass is 79.9. The fourth-order valence-corrected chi connectivity index (χ4v) is 1.90. The lowest BCUT2D eigenvalue weighted by Crippen LogP contribution is -1.99. The second kappa shape index (κ2) is 6.06. The summed E-state index contributed by atoms with van der Waals surface area (Å²) < 4.78 is 32.3. The quantitative estimate of drug-likeness (QED) is 0.786. The second-order valence-electron chi connectivity index (χ2n) is 3.87. The molecule has 0 aliphatic rings. The van der Waals surface area contributed by atoms with E-state index in [1.165, 1.54) is 6.07 Å². The van der Waals surface area contributed by atoms with Gasteiger partial charge in [-0.3, -0.25) is 0 Å². The number of rotatable bonds is 4. The van der Waals surface area contributed by atoms with Crippen molar-refractivity contribution in [2.45, 2.75) is 19.8 Å². The molecular weight excluding hydrogens is 318 g/mol. The van der Waals surface area contributed by atoms with Crippen molar-refractivity contribution >= 4 is 15.9 Å². The minimum Gasteiger partial charge on any atom is -0.436 e. The van der Waals surface area contributed by atoms with E-state index in [1.807, 2.05) is 6.92 Å². The lowest BCUT2D eigenvalue weighted by Gasteiger charge is -2.07. The summed E-state index contributed by atoms with van der Waals surface area (Å²) in [6.07, 6.45) is 1.56. The smallest absolute Gasteiger partial charge is 0.223 e. The van der Waals surface area contributed by atoms with Gasteiger partial charge < -0.3 is 4.74 Å². The maximum absolute atomic E-state index is 13.5. The number of ether oxygens (including phenoxy) is 1. The van der Waals surface area contributed by atoms with Gasteiger partial charge in [-0.1, -0.05) is 6.92 Å². The molecule has 2 rings (SSSR count). The molecule has 0 bridgehead atoms. The summed E-state index contributed by atoms with van der Waals surface area (Å²) in [6.45, 7) is 2.00. The molecule has 0 aliphatic carbocycles. The van der Waals surface area contributed by atoms with Crippen molar-refractivity contribution < 1.29 is 13.5 Å². The Kier molecular flexibility index (Phi) is 4.42. The van der Waals surface area contributed by atoms with E-state index in [4.69, 9.17) is 4.74 Å². The molecule has 3 nitrogen and oxygen atoms in total. The molecule has 1 aromatic heterocycles. The van der Waals surface area contributed by atoms with Gasteiger partial charge in [-0.25, -0.2) is 13.8 Å². The van der Waals surface area contributed by atoms with Gasteiger partial charge in [0, 0.05) is 18.6 Å². The maximum atomic E-state index is 13.5. The van der Waals surface area contributed by atoms with Crippen molar-refractivity contribution in [1.29, 1.82) is 0 Å². The minimum absolute atomic E-state index is 0.176. The second-order valence-corrected chi connectivity index (χ2v) is 4.68. The average Bonchev–Trinajstić information content (AvgIpc) is 2.33. The molecule has 0 atom stereocenters. The topological polar surface area (TPSA) is 35.0 Å². The van der Waals surface area contributed by atoms with Crippen LogP contribution in [0.3, 0.4) is 0 Å². The largest absolute Gasteiger partial charge is 0.436 e. The molecule has 0 N–H and O–H groups in total. The average molecular weight is 329 g/mol. The molecule has 0 aliphatic heterocycles. The Morgan fingerprint density at radius 2 is 2.00 bits per heavy atom. The van der Waals surface area contributed by atoms with E-state index >= 15 is 0 Å². The lowest BCUT2D eigenvalue weighted by atomic mass is 10.3. The van der Waals surface area contributed by atoms with Crippen LogP contribution < -0.4 is 4.74 Å². The molecule has 0 unspecified atom stereocenters. The van der Waals surface area contributed by atoms with E-state index in [-0.39, 0.29) is 11.6 Å². The van der Waals surface area contributed by atoms with Crippen molar-refractivity contribution in [3.05, 3.63) is 46.3 Å². The summed E-state index contributed by atoms with van der Waals surface area (Å²) in [6, 6.07) is 4.52. The van der Waals surface area contributed by atoms with Crippen LogP contribution in [0, 0.1) is 11.6 Å². The van der Waals surface area contributed by atoms with Crippen LogP contribution in [0.5, 0.6) is 11.6 Å². The van der Waals surface area contributed by atoms with Gasteiger partial charge in [0.2, 0.25) is 5.88 Å². The molecular formula is C13H11BrF2N2O. The van der Waals surface area contributed by atoms with E-state index in [0.29, 0.717) is 16.8 Å². The van der Waals surface area contributed by atoms with Crippen molar-refractivity contribution in [2.24, 2.45) is 0 Å². The number of hydrogen-bond donors (Lipinski definition) is 0. The van der Waals surface area contributed by atoms with Crippen LogP contribution in [-0.2, 0) is 6.42 Å². The predicted molar refractivity (Wildman–Crippen MR) is 70.2 cm³/mol. The van der Waals surface area contributed by atoms with Crippen molar-refractivity contribution in [3.63, 3.8) is 0 Å². The van der Waals surface area contributed by atoms with E-state index in [9.17, 15) is 8.78 Å². The third-order valence-electron chi connectivity index (χ3n) is 2.30. The molecule has 0 radical (unpaired) electrons. The van der Waals surface area contributed by atoms with Gasteiger partial charge in [0.1, 0.15) is 16.2 Å². The van der Waals surface area contributed by atoms with Crippen LogP contribution in [0.4, 0.5) is 8.78 Å². The SMILES string of the molecule is CCCc1nc(Br)cc(Oc2cc(F)ccc2F)n1. The molecule has 0 amide bonds. The van der Waals surface area contributed by atoms with Gasteiger partial charge in [0.15, 0.2) is 11.6 Å². The highest BCUT2D eigenvalue weighted by Gasteiger charge is 2.09. The summed E-state index contributed by atoms with van der Waals surface area (Å²) >= 11 is 3.23.